The Morgan fingerprint density at radius 3 is 2.69 bits per heavy atom. The number of aliphatic imine (C=N–C) groups is 1. The Balaban J connectivity index is 1.74. The first-order chi connectivity index (χ1) is 13.9. The Kier molecular flexibility index (Phi) is 6.50. The molecular formula is C20H17FN2O5S. The van der Waals surface area contributed by atoms with E-state index in [1.54, 1.807) is 24.3 Å². The lowest BCUT2D eigenvalue weighted by atomic mass is 10.2. The number of benzene rings is 2. The largest absolute Gasteiger partial charge is 0.493 e. The Labute approximate surface area is 170 Å². The third-order valence-corrected chi connectivity index (χ3v) is 4.68. The van der Waals surface area contributed by atoms with Crippen molar-refractivity contribution in [3.63, 3.8) is 0 Å². The summed E-state index contributed by atoms with van der Waals surface area (Å²) in [6.07, 6.45) is 1.55. The number of carboxylic acid groups (broad SMARTS) is 1. The van der Waals surface area contributed by atoms with Crippen LogP contribution in [0.25, 0.3) is 6.08 Å². The number of ether oxygens (including phenoxy) is 2. The van der Waals surface area contributed by atoms with Crippen LogP contribution in [-0.4, -0.2) is 35.9 Å². The van der Waals surface area contributed by atoms with Gasteiger partial charge in [0, 0.05) is 0 Å². The summed E-state index contributed by atoms with van der Waals surface area (Å²) in [7, 11) is 1.47. The number of halogens is 1. The molecule has 150 valence electrons. The van der Waals surface area contributed by atoms with Crippen molar-refractivity contribution in [3.8, 4) is 11.5 Å². The van der Waals surface area contributed by atoms with Crippen LogP contribution in [0.4, 0.5) is 10.1 Å². The van der Waals surface area contributed by atoms with Gasteiger partial charge in [-0.15, -0.1) is 0 Å². The smallest absolute Gasteiger partial charge is 0.306 e. The number of nitrogens with zero attached hydrogens (tertiary/aromatic N) is 1. The van der Waals surface area contributed by atoms with Crippen molar-refractivity contribution in [2.24, 2.45) is 4.99 Å². The number of thioether (sulfide) groups is 1. The molecule has 1 aliphatic rings. The molecule has 0 radical (unpaired) electrons. The fourth-order valence-corrected chi connectivity index (χ4v) is 3.25. The van der Waals surface area contributed by atoms with Gasteiger partial charge in [0.25, 0.3) is 5.91 Å². The number of amides is 1. The van der Waals surface area contributed by atoms with Crippen molar-refractivity contribution in [1.82, 2.24) is 5.32 Å². The van der Waals surface area contributed by atoms with Crippen LogP contribution in [0.1, 0.15) is 12.0 Å². The molecule has 1 amide bonds. The molecule has 0 saturated carbocycles. The molecule has 0 bridgehead atoms. The molecule has 1 aliphatic heterocycles. The van der Waals surface area contributed by atoms with Gasteiger partial charge < -0.3 is 19.9 Å². The van der Waals surface area contributed by atoms with Crippen LogP contribution >= 0.6 is 11.8 Å². The molecule has 29 heavy (non-hydrogen) atoms. The van der Waals surface area contributed by atoms with Gasteiger partial charge in [0.15, 0.2) is 16.7 Å². The SMILES string of the molecule is COc1cc(/C=C2/SC(=Nc3ccc(F)cc3)NC2=O)ccc1OCCC(=O)O. The maximum Gasteiger partial charge on any atom is 0.306 e. The number of aliphatic carboxylic acids is 1. The normalized spacial score (nSPS) is 16.1. The second-order valence-electron chi connectivity index (χ2n) is 5.86. The number of hydrogen-bond acceptors (Lipinski definition) is 6. The number of amidine groups is 1. The van der Waals surface area contributed by atoms with Crippen LogP contribution in [0.3, 0.4) is 0 Å². The van der Waals surface area contributed by atoms with Gasteiger partial charge >= 0.3 is 5.97 Å². The van der Waals surface area contributed by atoms with E-state index >= 15 is 0 Å². The lowest BCUT2D eigenvalue weighted by Crippen LogP contribution is -2.19. The highest BCUT2D eigenvalue weighted by molar-refractivity contribution is 8.18. The van der Waals surface area contributed by atoms with Gasteiger partial charge in [-0.2, -0.15) is 0 Å². The molecule has 0 spiro atoms. The third-order valence-electron chi connectivity index (χ3n) is 3.77. The molecule has 1 fully saturated rings. The summed E-state index contributed by atoms with van der Waals surface area (Å²) in [5.74, 6) is -0.766. The fourth-order valence-electron chi connectivity index (χ4n) is 2.41. The summed E-state index contributed by atoms with van der Waals surface area (Å²) in [5, 5.41) is 11.8. The fraction of sp³-hybridized carbons (Fsp3) is 0.150. The number of methoxy groups -OCH3 is 1. The summed E-state index contributed by atoms with van der Waals surface area (Å²) in [4.78, 5) is 27.5. The highest BCUT2D eigenvalue weighted by Gasteiger charge is 2.24. The van der Waals surface area contributed by atoms with Gasteiger partial charge in [-0.3, -0.25) is 9.59 Å². The predicted molar refractivity (Wildman–Crippen MR) is 108 cm³/mol. The van der Waals surface area contributed by atoms with E-state index in [0.717, 1.165) is 0 Å². The van der Waals surface area contributed by atoms with Gasteiger partial charge in [-0.1, -0.05) is 6.07 Å². The molecule has 0 aliphatic carbocycles. The van der Waals surface area contributed by atoms with Crippen LogP contribution in [0.15, 0.2) is 52.4 Å². The molecule has 0 aromatic heterocycles. The predicted octanol–water partition coefficient (Wildman–Crippen LogP) is 3.58. The molecule has 3 rings (SSSR count). The second kappa shape index (κ2) is 9.24. The van der Waals surface area contributed by atoms with Gasteiger partial charge in [-0.25, -0.2) is 9.38 Å². The zero-order chi connectivity index (χ0) is 20.8. The van der Waals surface area contributed by atoms with Crippen LogP contribution < -0.4 is 14.8 Å². The Hall–Kier alpha value is -3.33. The average Bonchev–Trinajstić information content (AvgIpc) is 3.03. The molecule has 0 unspecified atom stereocenters. The number of nitrogens with one attached hydrogen (secondary N) is 1. The lowest BCUT2D eigenvalue weighted by molar-refractivity contribution is -0.137. The van der Waals surface area contributed by atoms with Crippen molar-refractivity contribution in [3.05, 3.63) is 58.8 Å². The quantitative estimate of drug-likeness (QED) is 0.670. The Morgan fingerprint density at radius 2 is 2.00 bits per heavy atom. The minimum absolute atomic E-state index is 0.0214. The zero-order valence-corrected chi connectivity index (χ0v) is 16.2. The molecule has 2 aromatic carbocycles. The number of carbonyl (C=O) groups is 2. The van der Waals surface area contributed by atoms with E-state index in [9.17, 15) is 14.0 Å². The minimum Gasteiger partial charge on any atom is -0.493 e. The first kappa shape index (κ1) is 20.4. The molecule has 7 nitrogen and oxygen atoms in total. The summed E-state index contributed by atoms with van der Waals surface area (Å²) in [6.45, 7) is 0.0214. The van der Waals surface area contributed by atoms with E-state index in [0.29, 0.717) is 32.8 Å². The molecule has 1 heterocycles. The van der Waals surface area contributed by atoms with Gasteiger partial charge in [0.2, 0.25) is 0 Å². The van der Waals surface area contributed by atoms with E-state index in [-0.39, 0.29) is 24.8 Å². The third kappa shape index (κ3) is 5.58. The highest BCUT2D eigenvalue weighted by Crippen LogP contribution is 2.32. The number of carboxylic acids is 1. The van der Waals surface area contributed by atoms with Crippen molar-refractivity contribution >= 4 is 40.6 Å². The first-order valence-electron chi connectivity index (χ1n) is 8.52. The molecule has 0 atom stereocenters. The number of rotatable bonds is 7. The Bertz CT molecular complexity index is 989. The van der Waals surface area contributed by atoms with Crippen LogP contribution in [0.5, 0.6) is 11.5 Å². The topological polar surface area (TPSA) is 97.2 Å². The molecule has 2 aromatic rings. The lowest BCUT2D eigenvalue weighted by Gasteiger charge is -2.10. The highest BCUT2D eigenvalue weighted by atomic mass is 32.2. The minimum atomic E-state index is -0.951. The molecule has 1 saturated heterocycles. The van der Waals surface area contributed by atoms with E-state index in [4.69, 9.17) is 14.6 Å². The standard InChI is InChI=1S/C20H17FN2O5S/c1-27-16-10-12(2-7-15(16)28-9-8-18(24)25)11-17-19(26)23-20(29-17)22-14-5-3-13(21)4-6-14/h2-7,10-11H,8-9H2,1H3,(H,24,25)(H,22,23,26)/b17-11+. The zero-order valence-electron chi connectivity index (χ0n) is 15.3. The summed E-state index contributed by atoms with van der Waals surface area (Å²) in [5.41, 5.74) is 1.23. The molecular weight excluding hydrogens is 399 g/mol. The molecule has 2 N–H and O–H groups in total. The van der Waals surface area contributed by atoms with Crippen molar-refractivity contribution in [2.45, 2.75) is 6.42 Å². The average molecular weight is 416 g/mol. The monoisotopic (exact) mass is 416 g/mol. The summed E-state index contributed by atoms with van der Waals surface area (Å²) >= 11 is 1.17. The van der Waals surface area contributed by atoms with Crippen LogP contribution in [0.2, 0.25) is 0 Å². The molecule has 9 heteroatoms. The van der Waals surface area contributed by atoms with E-state index in [1.807, 2.05) is 0 Å². The van der Waals surface area contributed by atoms with E-state index < -0.39 is 5.97 Å². The van der Waals surface area contributed by atoms with Crippen LogP contribution in [-0.2, 0) is 9.59 Å². The maximum atomic E-state index is 13.0. The van der Waals surface area contributed by atoms with Crippen molar-refractivity contribution < 1.29 is 28.6 Å². The van der Waals surface area contributed by atoms with E-state index in [1.165, 1.54) is 43.1 Å². The van der Waals surface area contributed by atoms with Gasteiger partial charge in [-0.05, 0) is 59.8 Å². The van der Waals surface area contributed by atoms with Crippen molar-refractivity contribution in [2.75, 3.05) is 13.7 Å². The summed E-state index contributed by atoms with van der Waals surface area (Å²) in [6, 6.07) is 10.7. The van der Waals surface area contributed by atoms with E-state index in [2.05, 4.69) is 10.3 Å². The Morgan fingerprint density at radius 1 is 1.24 bits per heavy atom. The van der Waals surface area contributed by atoms with Gasteiger partial charge in [0.1, 0.15) is 5.82 Å². The first-order valence-corrected chi connectivity index (χ1v) is 9.34. The van der Waals surface area contributed by atoms with Crippen LogP contribution in [0, 0.1) is 5.82 Å². The second-order valence-corrected chi connectivity index (χ2v) is 6.89. The maximum absolute atomic E-state index is 13.0. The van der Waals surface area contributed by atoms with Gasteiger partial charge in [0.05, 0.1) is 30.7 Å². The van der Waals surface area contributed by atoms with Crippen molar-refractivity contribution in [1.29, 1.82) is 0 Å². The number of hydrogen-bond donors (Lipinski definition) is 2. The number of carbonyl (C=O) groups excluding carboxylic acids is 1. The summed E-state index contributed by atoms with van der Waals surface area (Å²) < 4.78 is 23.7.